The Morgan fingerprint density at radius 2 is 2.05 bits per heavy atom. The van der Waals surface area contributed by atoms with Crippen molar-refractivity contribution in [3.63, 3.8) is 0 Å². The van der Waals surface area contributed by atoms with Crippen molar-refractivity contribution in [2.45, 2.75) is 24.6 Å². The molecule has 0 saturated carbocycles. The third kappa shape index (κ3) is 3.41. The van der Waals surface area contributed by atoms with Gasteiger partial charge in [0.1, 0.15) is 0 Å². The summed E-state index contributed by atoms with van der Waals surface area (Å²) in [7, 11) is -3.76. The summed E-state index contributed by atoms with van der Waals surface area (Å²) in [5, 5.41) is 17.4. The summed E-state index contributed by atoms with van der Waals surface area (Å²) in [4.78, 5) is 1.28. The van der Waals surface area contributed by atoms with Crippen molar-refractivity contribution >= 4 is 10.0 Å². The lowest BCUT2D eigenvalue weighted by Crippen LogP contribution is -2.29. The SMILES string of the molecule is CCn1ncc(S(=O)(=O)NCC(O)c2ccccc2)n1. The first-order valence-corrected chi connectivity index (χ1v) is 7.64. The molecule has 0 amide bonds. The molecule has 1 aromatic carbocycles. The highest BCUT2D eigenvalue weighted by molar-refractivity contribution is 7.89. The molecule has 0 spiro atoms. The first-order valence-electron chi connectivity index (χ1n) is 6.15. The van der Waals surface area contributed by atoms with E-state index in [0.29, 0.717) is 12.1 Å². The molecular formula is C12H16N4O3S. The summed E-state index contributed by atoms with van der Waals surface area (Å²) >= 11 is 0. The molecule has 20 heavy (non-hydrogen) atoms. The standard InChI is InChI=1S/C12H16N4O3S/c1-2-16-13-9-12(15-16)20(18,19)14-8-11(17)10-6-4-3-5-7-10/h3-7,9,11,14,17H,2,8H2,1H3. The van der Waals surface area contributed by atoms with E-state index in [4.69, 9.17) is 0 Å². The van der Waals surface area contributed by atoms with Crippen LogP contribution in [0.2, 0.25) is 0 Å². The van der Waals surface area contributed by atoms with Gasteiger partial charge >= 0.3 is 0 Å². The Kier molecular flexibility index (Phi) is 4.48. The van der Waals surface area contributed by atoms with Gasteiger partial charge in [-0.05, 0) is 12.5 Å². The monoisotopic (exact) mass is 296 g/mol. The van der Waals surface area contributed by atoms with E-state index < -0.39 is 16.1 Å². The highest BCUT2D eigenvalue weighted by Crippen LogP contribution is 2.12. The molecule has 0 radical (unpaired) electrons. The fourth-order valence-electron chi connectivity index (χ4n) is 1.61. The molecule has 1 heterocycles. The van der Waals surface area contributed by atoms with Gasteiger partial charge in [-0.25, -0.2) is 13.1 Å². The third-order valence-corrected chi connectivity index (χ3v) is 4.01. The normalized spacial score (nSPS) is 13.3. The number of aryl methyl sites for hydroxylation is 1. The average Bonchev–Trinajstić information content (AvgIpc) is 2.95. The van der Waals surface area contributed by atoms with Crippen LogP contribution in [0.3, 0.4) is 0 Å². The van der Waals surface area contributed by atoms with E-state index in [9.17, 15) is 13.5 Å². The maximum Gasteiger partial charge on any atom is 0.261 e. The number of aliphatic hydroxyl groups excluding tert-OH is 1. The van der Waals surface area contributed by atoms with E-state index in [1.807, 2.05) is 13.0 Å². The second kappa shape index (κ2) is 6.12. The molecule has 8 heteroatoms. The first-order chi connectivity index (χ1) is 9.53. The maximum atomic E-state index is 12.0. The predicted octanol–water partition coefficient (Wildman–Crippen LogP) is 0.310. The molecule has 0 fully saturated rings. The fraction of sp³-hybridized carbons (Fsp3) is 0.333. The zero-order valence-electron chi connectivity index (χ0n) is 11.0. The van der Waals surface area contributed by atoms with Crippen LogP contribution in [0.25, 0.3) is 0 Å². The lowest BCUT2D eigenvalue weighted by atomic mass is 10.1. The first kappa shape index (κ1) is 14.6. The summed E-state index contributed by atoms with van der Waals surface area (Å²) in [5.41, 5.74) is 0.646. The van der Waals surface area contributed by atoms with E-state index in [-0.39, 0.29) is 11.6 Å². The molecule has 2 rings (SSSR count). The fourth-order valence-corrected chi connectivity index (χ4v) is 2.53. The number of hydrogen-bond acceptors (Lipinski definition) is 5. The Morgan fingerprint density at radius 1 is 1.35 bits per heavy atom. The lowest BCUT2D eigenvalue weighted by molar-refractivity contribution is 0.182. The van der Waals surface area contributed by atoms with Gasteiger partial charge in [-0.2, -0.15) is 9.90 Å². The second-order valence-corrected chi connectivity index (χ2v) is 5.86. The second-order valence-electron chi connectivity index (χ2n) is 4.15. The van der Waals surface area contributed by atoms with Crippen molar-refractivity contribution in [1.29, 1.82) is 0 Å². The summed E-state index contributed by atoms with van der Waals surface area (Å²) in [6.07, 6.45) is 0.271. The van der Waals surface area contributed by atoms with Crippen LogP contribution in [0, 0.1) is 0 Å². The quantitative estimate of drug-likeness (QED) is 0.799. The van der Waals surface area contributed by atoms with Crippen molar-refractivity contribution in [2.24, 2.45) is 0 Å². The number of aliphatic hydroxyl groups is 1. The minimum Gasteiger partial charge on any atom is -0.387 e. The van der Waals surface area contributed by atoms with Crippen molar-refractivity contribution in [3.8, 4) is 0 Å². The lowest BCUT2D eigenvalue weighted by Gasteiger charge is -2.11. The highest BCUT2D eigenvalue weighted by atomic mass is 32.2. The molecule has 1 atom stereocenters. The Labute approximate surface area is 117 Å². The van der Waals surface area contributed by atoms with Crippen LogP contribution in [0.5, 0.6) is 0 Å². The largest absolute Gasteiger partial charge is 0.387 e. The van der Waals surface area contributed by atoms with Gasteiger partial charge in [0.05, 0.1) is 18.8 Å². The topological polar surface area (TPSA) is 97.1 Å². The smallest absolute Gasteiger partial charge is 0.261 e. The van der Waals surface area contributed by atoms with E-state index in [0.717, 1.165) is 0 Å². The van der Waals surface area contributed by atoms with Crippen LogP contribution >= 0.6 is 0 Å². The molecule has 0 bridgehead atoms. The molecule has 0 saturated heterocycles. The molecule has 1 unspecified atom stereocenters. The van der Waals surface area contributed by atoms with Crippen LogP contribution in [0.4, 0.5) is 0 Å². The van der Waals surface area contributed by atoms with Crippen molar-refractivity contribution in [3.05, 3.63) is 42.1 Å². The van der Waals surface area contributed by atoms with Gasteiger partial charge < -0.3 is 5.11 Å². The van der Waals surface area contributed by atoms with Crippen LogP contribution in [0.1, 0.15) is 18.6 Å². The molecule has 0 aliphatic rings. The van der Waals surface area contributed by atoms with Gasteiger partial charge in [-0.15, -0.1) is 5.10 Å². The molecule has 0 aliphatic heterocycles. The Balaban J connectivity index is 2.02. The number of nitrogens with one attached hydrogen (secondary N) is 1. The van der Waals surface area contributed by atoms with Gasteiger partial charge in [0.25, 0.3) is 10.0 Å². The molecule has 2 aromatic rings. The molecular weight excluding hydrogens is 280 g/mol. The number of nitrogens with zero attached hydrogens (tertiary/aromatic N) is 3. The zero-order chi connectivity index (χ0) is 14.6. The predicted molar refractivity (Wildman–Crippen MR) is 72.3 cm³/mol. The number of sulfonamides is 1. The molecule has 108 valence electrons. The van der Waals surface area contributed by atoms with Gasteiger partial charge in [0.2, 0.25) is 5.03 Å². The van der Waals surface area contributed by atoms with E-state index in [1.165, 1.54) is 11.0 Å². The number of benzene rings is 1. The van der Waals surface area contributed by atoms with Gasteiger partial charge in [0, 0.05) is 6.54 Å². The minimum absolute atomic E-state index is 0.120. The van der Waals surface area contributed by atoms with Crippen molar-refractivity contribution < 1.29 is 13.5 Å². The van der Waals surface area contributed by atoms with Crippen LogP contribution < -0.4 is 4.72 Å². The Hall–Kier alpha value is -1.77. The summed E-state index contributed by atoms with van der Waals surface area (Å²) in [6, 6.07) is 8.84. The molecule has 2 N–H and O–H groups in total. The van der Waals surface area contributed by atoms with Gasteiger partial charge in [-0.1, -0.05) is 30.3 Å². The highest BCUT2D eigenvalue weighted by Gasteiger charge is 2.19. The third-order valence-electron chi connectivity index (χ3n) is 2.72. The average molecular weight is 296 g/mol. The zero-order valence-corrected chi connectivity index (χ0v) is 11.8. The Bertz CT molecular complexity index is 654. The van der Waals surface area contributed by atoms with Crippen LogP contribution in [0.15, 0.2) is 41.6 Å². The van der Waals surface area contributed by atoms with Gasteiger partial charge in [0.15, 0.2) is 0 Å². The minimum atomic E-state index is -3.76. The van der Waals surface area contributed by atoms with E-state index in [2.05, 4.69) is 14.9 Å². The number of aromatic nitrogens is 3. The molecule has 1 aromatic heterocycles. The summed E-state index contributed by atoms with van der Waals surface area (Å²) in [5.74, 6) is 0. The van der Waals surface area contributed by atoms with E-state index >= 15 is 0 Å². The molecule has 7 nitrogen and oxygen atoms in total. The van der Waals surface area contributed by atoms with Crippen molar-refractivity contribution in [1.82, 2.24) is 19.7 Å². The summed E-state index contributed by atoms with van der Waals surface area (Å²) in [6.45, 7) is 2.18. The number of hydrogen-bond donors (Lipinski definition) is 2. The number of rotatable bonds is 6. The van der Waals surface area contributed by atoms with Crippen LogP contribution in [-0.4, -0.2) is 35.1 Å². The Morgan fingerprint density at radius 3 is 2.65 bits per heavy atom. The molecule has 0 aliphatic carbocycles. The summed E-state index contributed by atoms with van der Waals surface area (Å²) < 4.78 is 26.2. The maximum absolute atomic E-state index is 12.0. The van der Waals surface area contributed by atoms with Crippen molar-refractivity contribution in [2.75, 3.05) is 6.54 Å². The van der Waals surface area contributed by atoms with E-state index in [1.54, 1.807) is 24.3 Å². The van der Waals surface area contributed by atoms with Crippen LogP contribution in [-0.2, 0) is 16.6 Å². The van der Waals surface area contributed by atoms with Gasteiger partial charge in [-0.3, -0.25) is 0 Å².